The number of benzene rings is 1. The van der Waals surface area contributed by atoms with E-state index >= 15 is 0 Å². The highest BCUT2D eigenvalue weighted by atomic mass is 32.2. The van der Waals surface area contributed by atoms with Gasteiger partial charge in [0.15, 0.2) is 9.84 Å². The highest BCUT2D eigenvalue weighted by Crippen LogP contribution is 2.31. The smallest absolute Gasteiger partial charge is 0.181 e. The molecule has 0 amide bonds. The van der Waals surface area contributed by atoms with E-state index in [4.69, 9.17) is 0 Å². The van der Waals surface area contributed by atoms with Crippen LogP contribution in [0.15, 0.2) is 29.2 Å². The van der Waals surface area contributed by atoms with Crippen LogP contribution >= 0.6 is 0 Å². The summed E-state index contributed by atoms with van der Waals surface area (Å²) in [4.78, 5) is 0.489. The zero-order valence-corrected chi connectivity index (χ0v) is 11.3. The molecule has 17 heavy (non-hydrogen) atoms. The molecule has 94 valence electrons. The molecule has 1 aliphatic carbocycles. The second-order valence-electron chi connectivity index (χ2n) is 5.24. The molecule has 0 bridgehead atoms. The maximum absolute atomic E-state index is 12.4. The lowest BCUT2D eigenvalue weighted by molar-refractivity contribution is 0.382. The van der Waals surface area contributed by atoms with Gasteiger partial charge >= 0.3 is 0 Å². The molecule has 0 heterocycles. The Labute approximate surface area is 104 Å². The van der Waals surface area contributed by atoms with Gasteiger partial charge in [0.2, 0.25) is 0 Å². The molecule has 1 aromatic rings. The molecule has 0 atom stereocenters. The molecule has 0 saturated heterocycles. The first kappa shape index (κ1) is 12.6. The van der Waals surface area contributed by atoms with E-state index in [9.17, 15) is 8.42 Å². The quantitative estimate of drug-likeness (QED) is 0.809. The molecule has 2 rings (SSSR count). The lowest BCUT2D eigenvalue weighted by Crippen LogP contribution is -2.26. The molecule has 0 aromatic heterocycles. The summed E-state index contributed by atoms with van der Waals surface area (Å²) >= 11 is 0. The summed E-state index contributed by atoms with van der Waals surface area (Å²) in [6.45, 7) is 4.17. The van der Waals surface area contributed by atoms with Gasteiger partial charge in [-0.15, -0.1) is 0 Å². The van der Waals surface area contributed by atoms with Gasteiger partial charge in [0, 0.05) is 0 Å². The first-order chi connectivity index (χ1) is 8.00. The molecule has 0 radical (unpaired) electrons. The summed E-state index contributed by atoms with van der Waals surface area (Å²) in [5, 5.41) is -0.165. The molecule has 1 fully saturated rings. The first-order valence-corrected chi connectivity index (χ1v) is 7.85. The maximum atomic E-state index is 12.4. The summed E-state index contributed by atoms with van der Waals surface area (Å²) in [5.74, 6) is 0.680. The van der Waals surface area contributed by atoms with E-state index in [-0.39, 0.29) is 5.25 Å². The van der Waals surface area contributed by atoms with Gasteiger partial charge < -0.3 is 0 Å². The Morgan fingerprint density at radius 3 is 2.06 bits per heavy atom. The molecular weight excluding hydrogens is 232 g/mol. The Kier molecular flexibility index (Phi) is 3.57. The molecule has 0 unspecified atom stereocenters. The molecule has 1 saturated carbocycles. The Bertz CT molecular complexity index is 465. The Morgan fingerprint density at radius 1 is 1.00 bits per heavy atom. The third-order valence-corrected chi connectivity index (χ3v) is 6.03. The van der Waals surface area contributed by atoms with Crippen LogP contribution in [0.25, 0.3) is 0 Å². The molecule has 0 N–H and O–H groups in total. The van der Waals surface area contributed by atoms with Crippen LogP contribution in [-0.2, 0) is 9.84 Å². The summed E-state index contributed by atoms with van der Waals surface area (Å²) < 4.78 is 24.8. The third-order valence-electron chi connectivity index (χ3n) is 3.75. The first-order valence-electron chi connectivity index (χ1n) is 6.30. The Hall–Kier alpha value is -0.830. The van der Waals surface area contributed by atoms with Crippen LogP contribution in [0.1, 0.15) is 38.2 Å². The fourth-order valence-electron chi connectivity index (χ4n) is 2.46. The van der Waals surface area contributed by atoms with Gasteiger partial charge in [-0.2, -0.15) is 0 Å². The van der Waals surface area contributed by atoms with E-state index in [0.717, 1.165) is 31.2 Å². The highest BCUT2D eigenvalue weighted by Gasteiger charge is 2.30. The van der Waals surface area contributed by atoms with Crippen molar-refractivity contribution in [2.24, 2.45) is 5.92 Å². The minimum atomic E-state index is -3.10. The average molecular weight is 252 g/mol. The Morgan fingerprint density at radius 2 is 1.53 bits per heavy atom. The van der Waals surface area contributed by atoms with Gasteiger partial charge in [0.1, 0.15) is 0 Å². The zero-order chi connectivity index (χ0) is 12.5. The standard InChI is InChI=1S/C14H20O2S/c1-11-3-7-13(8-4-11)17(15,16)14-9-5-12(2)6-10-14/h3-4,7-8,12,14H,5-6,9-10H2,1-2H3. The van der Waals surface area contributed by atoms with Crippen molar-refractivity contribution in [3.8, 4) is 0 Å². The molecule has 1 aliphatic rings. The van der Waals surface area contributed by atoms with E-state index in [2.05, 4.69) is 6.92 Å². The largest absolute Gasteiger partial charge is 0.223 e. The van der Waals surface area contributed by atoms with Crippen LogP contribution in [0.3, 0.4) is 0 Å². The normalized spacial score (nSPS) is 25.8. The van der Waals surface area contributed by atoms with Crippen molar-refractivity contribution in [1.29, 1.82) is 0 Å². The summed E-state index contributed by atoms with van der Waals surface area (Å²) in [5.41, 5.74) is 1.10. The predicted molar refractivity (Wildman–Crippen MR) is 69.8 cm³/mol. The van der Waals surface area contributed by atoms with Crippen molar-refractivity contribution in [1.82, 2.24) is 0 Å². The van der Waals surface area contributed by atoms with Gasteiger partial charge in [0.05, 0.1) is 10.1 Å². The van der Waals surface area contributed by atoms with Crippen LogP contribution in [-0.4, -0.2) is 13.7 Å². The number of sulfone groups is 1. The average Bonchev–Trinajstić information content (AvgIpc) is 2.30. The van der Waals surface area contributed by atoms with Crippen molar-refractivity contribution in [3.63, 3.8) is 0 Å². The van der Waals surface area contributed by atoms with Crippen molar-refractivity contribution < 1.29 is 8.42 Å². The third kappa shape index (κ3) is 2.71. The summed E-state index contributed by atoms with van der Waals surface area (Å²) in [6, 6.07) is 7.22. The van der Waals surface area contributed by atoms with Crippen molar-refractivity contribution >= 4 is 9.84 Å². The molecule has 3 heteroatoms. The maximum Gasteiger partial charge on any atom is 0.181 e. The predicted octanol–water partition coefficient (Wildman–Crippen LogP) is 3.35. The van der Waals surface area contributed by atoms with E-state index in [1.165, 1.54) is 0 Å². The van der Waals surface area contributed by atoms with Crippen molar-refractivity contribution in [2.45, 2.75) is 49.7 Å². The number of hydrogen-bond donors (Lipinski definition) is 0. The number of aryl methyl sites for hydroxylation is 1. The second-order valence-corrected chi connectivity index (χ2v) is 7.47. The van der Waals surface area contributed by atoms with Crippen LogP contribution in [0.2, 0.25) is 0 Å². The lowest BCUT2D eigenvalue weighted by Gasteiger charge is -2.26. The highest BCUT2D eigenvalue weighted by molar-refractivity contribution is 7.92. The zero-order valence-electron chi connectivity index (χ0n) is 10.5. The fourth-order valence-corrected chi connectivity index (χ4v) is 4.25. The molecule has 0 spiro atoms. The van der Waals surface area contributed by atoms with E-state index in [0.29, 0.717) is 10.8 Å². The Balaban J connectivity index is 2.21. The minimum Gasteiger partial charge on any atom is -0.223 e. The number of rotatable bonds is 2. The van der Waals surface area contributed by atoms with Gasteiger partial charge in [-0.25, -0.2) is 8.42 Å². The summed E-state index contributed by atoms with van der Waals surface area (Å²) in [7, 11) is -3.10. The van der Waals surface area contributed by atoms with Crippen LogP contribution in [0.5, 0.6) is 0 Å². The van der Waals surface area contributed by atoms with Gasteiger partial charge in [-0.05, 0) is 50.7 Å². The van der Waals surface area contributed by atoms with E-state index < -0.39 is 9.84 Å². The van der Waals surface area contributed by atoms with E-state index in [1.807, 2.05) is 19.1 Å². The van der Waals surface area contributed by atoms with Gasteiger partial charge in [-0.3, -0.25) is 0 Å². The van der Waals surface area contributed by atoms with Gasteiger partial charge in [0.25, 0.3) is 0 Å². The second kappa shape index (κ2) is 4.81. The van der Waals surface area contributed by atoms with E-state index in [1.54, 1.807) is 12.1 Å². The summed E-state index contributed by atoms with van der Waals surface area (Å²) in [6.07, 6.45) is 3.71. The fraction of sp³-hybridized carbons (Fsp3) is 0.571. The lowest BCUT2D eigenvalue weighted by atomic mass is 9.91. The number of hydrogen-bond acceptors (Lipinski definition) is 2. The molecular formula is C14H20O2S. The molecule has 1 aromatic carbocycles. The monoisotopic (exact) mass is 252 g/mol. The SMILES string of the molecule is Cc1ccc(S(=O)(=O)C2CCC(C)CC2)cc1. The minimum absolute atomic E-state index is 0.165. The molecule has 2 nitrogen and oxygen atoms in total. The van der Waals surface area contributed by atoms with Crippen LogP contribution < -0.4 is 0 Å². The topological polar surface area (TPSA) is 34.1 Å². The molecule has 0 aliphatic heterocycles. The van der Waals surface area contributed by atoms with Crippen LogP contribution in [0.4, 0.5) is 0 Å². The van der Waals surface area contributed by atoms with Crippen molar-refractivity contribution in [2.75, 3.05) is 0 Å². The van der Waals surface area contributed by atoms with Gasteiger partial charge in [-0.1, -0.05) is 24.6 Å². The van der Waals surface area contributed by atoms with Crippen molar-refractivity contribution in [3.05, 3.63) is 29.8 Å². The van der Waals surface area contributed by atoms with Crippen LogP contribution in [0, 0.1) is 12.8 Å².